The molecule has 1 saturated heterocycles. The molecule has 1 unspecified atom stereocenters. The molecular weight excluding hydrogens is 406 g/mol. The van der Waals surface area contributed by atoms with E-state index in [1.165, 1.54) is 6.26 Å². The van der Waals surface area contributed by atoms with Crippen molar-refractivity contribution in [3.8, 4) is 0 Å². The Hall–Kier alpha value is -2.13. The van der Waals surface area contributed by atoms with Crippen LogP contribution in [-0.4, -0.2) is 91.8 Å². The second-order valence-corrected chi connectivity index (χ2v) is 9.91. The van der Waals surface area contributed by atoms with E-state index < -0.39 is 15.9 Å². The Morgan fingerprint density at radius 3 is 2.40 bits per heavy atom. The number of carboxylic acid groups (broad SMARTS) is 1. The Labute approximate surface area is 179 Å². The molecular formula is C21H33N3O5S. The first-order chi connectivity index (χ1) is 14.1. The second kappa shape index (κ2) is 10.8. The summed E-state index contributed by atoms with van der Waals surface area (Å²) in [5.74, 6) is -0.123. The van der Waals surface area contributed by atoms with Crippen LogP contribution in [0.5, 0.6) is 0 Å². The van der Waals surface area contributed by atoms with Crippen LogP contribution in [0.1, 0.15) is 32.3 Å². The first kappa shape index (κ1) is 24.1. The molecule has 8 nitrogen and oxygen atoms in total. The van der Waals surface area contributed by atoms with Crippen LogP contribution in [0.4, 0.5) is 4.79 Å². The lowest BCUT2D eigenvalue weighted by molar-refractivity contribution is -0.135. The molecule has 0 bridgehead atoms. The van der Waals surface area contributed by atoms with Crippen molar-refractivity contribution in [2.24, 2.45) is 0 Å². The van der Waals surface area contributed by atoms with Gasteiger partial charge in [0.2, 0.25) is 5.91 Å². The van der Waals surface area contributed by atoms with Gasteiger partial charge in [-0.3, -0.25) is 9.69 Å². The highest BCUT2D eigenvalue weighted by atomic mass is 32.2. The molecule has 1 N–H and O–H groups in total. The summed E-state index contributed by atoms with van der Waals surface area (Å²) in [5.41, 5.74) is 1.11. The third-order valence-corrected chi connectivity index (χ3v) is 6.75. The molecule has 1 aliphatic heterocycles. The van der Waals surface area contributed by atoms with Gasteiger partial charge in [-0.15, -0.1) is 0 Å². The van der Waals surface area contributed by atoms with Gasteiger partial charge in [-0.2, -0.15) is 0 Å². The average Bonchev–Trinajstić information content (AvgIpc) is 2.68. The van der Waals surface area contributed by atoms with Crippen LogP contribution in [0.3, 0.4) is 0 Å². The molecule has 30 heavy (non-hydrogen) atoms. The highest BCUT2D eigenvalue weighted by Gasteiger charge is 2.26. The summed E-state index contributed by atoms with van der Waals surface area (Å²) in [4.78, 5) is 28.6. The number of hydrogen-bond donors (Lipinski definition) is 1. The molecule has 168 valence electrons. The van der Waals surface area contributed by atoms with Gasteiger partial charge in [0.1, 0.15) is 6.54 Å². The lowest BCUT2D eigenvalue weighted by Gasteiger charge is -2.33. The van der Waals surface area contributed by atoms with E-state index in [9.17, 15) is 18.0 Å². The highest BCUT2D eigenvalue weighted by Crippen LogP contribution is 2.14. The molecule has 1 aliphatic rings. The number of nitrogens with zero attached hydrogens (tertiary/aromatic N) is 3. The lowest BCUT2D eigenvalue weighted by atomic mass is 10.1. The monoisotopic (exact) mass is 439 g/mol. The van der Waals surface area contributed by atoms with E-state index in [1.54, 1.807) is 17.0 Å². The predicted molar refractivity (Wildman–Crippen MR) is 115 cm³/mol. The van der Waals surface area contributed by atoms with Crippen molar-refractivity contribution < 1.29 is 23.1 Å². The van der Waals surface area contributed by atoms with Gasteiger partial charge in [0.15, 0.2) is 9.84 Å². The maximum atomic E-state index is 12.1. The molecule has 1 aromatic carbocycles. The summed E-state index contributed by atoms with van der Waals surface area (Å²) in [6.45, 7) is 7.57. The molecule has 9 heteroatoms. The number of piperazine rings is 1. The normalized spacial score (nSPS) is 16.2. The fourth-order valence-electron chi connectivity index (χ4n) is 3.76. The number of hydrogen-bond acceptors (Lipinski definition) is 5. The van der Waals surface area contributed by atoms with Crippen molar-refractivity contribution in [3.05, 3.63) is 29.8 Å². The van der Waals surface area contributed by atoms with Gasteiger partial charge >= 0.3 is 6.09 Å². The van der Waals surface area contributed by atoms with Crippen LogP contribution in [-0.2, 0) is 21.1 Å². The zero-order chi connectivity index (χ0) is 22.3. The third kappa shape index (κ3) is 6.98. The maximum Gasteiger partial charge on any atom is 0.407 e. The summed E-state index contributed by atoms with van der Waals surface area (Å²) in [7, 11) is -3.17. The Bertz CT molecular complexity index is 826. The quantitative estimate of drug-likeness (QED) is 0.560. The fourth-order valence-corrected chi connectivity index (χ4v) is 4.39. The zero-order valence-electron chi connectivity index (χ0n) is 18.1. The smallest absolute Gasteiger partial charge is 0.407 e. The second-order valence-electron chi connectivity index (χ2n) is 7.89. The molecule has 2 rings (SSSR count). The fraction of sp³-hybridized carbons (Fsp3) is 0.619. The van der Waals surface area contributed by atoms with E-state index in [0.29, 0.717) is 30.6 Å². The summed E-state index contributed by atoms with van der Waals surface area (Å²) >= 11 is 0. The van der Waals surface area contributed by atoms with Crippen molar-refractivity contribution in [1.29, 1.82) is 0 Å². The Morgan fingerprint density at radius 1 is 1.20 bits per heavy atom. The van der Waals surface area contributed by atoms with Gasteiger partial charge in [-0.05, 0) is 57.0 Å². The topological polar surface area (TPSA) is 98.2 Å². The Morgan fingerprint density at radius 2 is 1.87 bits per heavy atom. The molecule has 0 aromatic heterocycles. The van der Waals surface area contributed by atoms with Crippen molar-refractivity contribution in [1.82, 2.24) is 14.7 Å². The first-order valence-corrected chi connectivity index (χ1v) is 12.3. The summed E-state index contributed by atoms with van der Waals surface area (Å²) in [6.07, 6.45) is 2.85. The lowest BCUT2D eigenvalue weighted by Crippen LogP contribution is -2.52. The van der Waals surface area contributed by atoms with Gasteiger partial charge in [-0.1, -0.05) is 19.1 Å². The van der Waals surface area contributed by atoms with Crippen LogP contribution in [0, 0.1) is 0 Å². The maximum absolute atomic E-state index is 12.1. The average molecular weight is 440 g/mol. The van der Waals surface area contributed by atoms with E-state index in [2.05, 4.69) is 18.7 Å². The summed E-state index contributed by atoms with van der Waals surface area (Å²) < 4.78 is 23.2. The molecule has 2 amide bonds. The van der Waals surface area contributed by atoms with E-state index in [-0.39, 0.29) is 12.5 Å². The molecule has 1 heterocycles. The van der Waals surface area contributed by atoms with Gasteiger partial charge in [0, 0.05) is 31.9 Å². The van der Waals surface area contributed by atoms with E-state index in [0.717, 1.165) is 42.8 Å². The number of sulfone groups is 1. The van der Waals surface area contributed by atoms with Crippen molar-refractivity contribution >= 4 is 21.8 Å². The molecule has 0 aliphatic carbocycles. The van der Waals surface area contributed by atoms with Gasteiger partial charge in [0.25, 0.3) is 0 Å². The van der Waals surface area contributed by atoms with Crippen molar-refractivity contribution in [2.75, 3.05) is 45.5 Å². The zero-order valence-corrected chi connectivity index (χ0v) is 18.9. The summed E-state index contributed by atoms with van der Waals surface area (Å²) in [6, 6.07) is 7.40. The van der Waals surface area contributed by atoms with Crippen LogP contribution < -0.4 is 0 Å². The number of carbonyl (C=O) groups excluding carboxylic acids is 1. The minimum Gasteiger partial charge on any atom is -0.465 e. The van der Waals surface area contributed by atoms with Crippen LogP contribution in [0.15, 0.2) is 29.2 Å². The SMILES string of the molecule is CCN(CCCCN1CCN(C(=O)O)CC1=O)C(C)Cc1ccc(S(C)(=O)=O)cc1. The molecule has 0 radical (unpaired) electrons. The minimum absolute atomic E-state index is 0.0500. The standard InChI is InChI=1S/C21H33N3O5S/c1-4-22(17(2)15-18-7-9-19(10-8-18)30(3,28)29)11-5-6-12-23-13-14-24(21(26)27)16-20(23)25/h7-10,17H,4-6,11-16H2,1-3H3,(H,26,27). The van der Waals surface area contributed by atoms with Crippen LogP contribution in [0.2, 0.25) is 0 Å². The minimum atomic E-state index is -3.17. The molecule has 1 aromatic rings. The van der Waals surface area contributed by atoms with Crippen LogP contribution >= 0.6 is 0 Å². The van der Waals surface area contributed by atoms with Crippen molar-refractivity contribution in [3.63, 3.8) is 0 Å². The predicted octanol–water partition coefficient (Wildman–Crippen LogP) is 1.95. The number of rotatable bonds is 10. The molecule has 0 spiro atoms. The highest BCUT2D eigenvalue weighted by molar-refractivity contribution is 7.90. The number of benzene rings is 1. The Kier molecular flexibility index (Phi) is 8.66. The number of amides is 2. The van der Waals surface area contributed by atoms with Crippen LogP contribution in [0.25, 0.3) is 0 Å². The largest absolute Gasteiger partial charge is 0.465 e. The van der Waals surface area contributed by atoms with E-state index in [4.69, 9.17) is 5.11 Å². The van der Waals surface area contributed by atoms with E-state index in [1.807, 2.05) is 12.1 Å². The number of carbonyl (C=O) groups is 2. The Balaban J connectivity index is 1.76. The van der Waals surface area contributed by atoms with Gasteiger partial charge in [-0.25, -0.2) is 13.2 Å². The molecule has 1 atom stereocenters. The first-order valence-electron chi connectivity index (χ1n) is 10.4. The van der Waals surface area contributed by atoms with E-state index >= 15 is 0 Å². The number of likely N-dealkylation sites (N-methyl/N-ethyl adjacent to an activating group) is 1. The third-order valence-electron chi connectivity index (χ3n) is 5.62. The molecule has 1 fully saturated rings. The number of unbranched alkanes of at least 4 members (excludes halogenated alkanes) is 1. The van der Waals surface area contributed by atoms with Crippen molar-refractivity contribution in [2.45, 2.75) is 44.0 Å². The molecule has 0 saturated carbocycles. The van der Waals surface area contributed by atoms with Gasteiger partial charge in [0.05, 0.1) is 4.90 Å². The summed E-state index contributed by atoms with van der Waals surface area (Å²) in [5, 5.41) is 8.97. The van der Waals surface area contributed by atoms with Gasteiger partial charge < -0.3 is 14.9 Å².